The third-order valence-electron chi connectivity index (χ3n) is 6.18. The zero-order valence-corrected chi connectivity index (χ0v) is 17.2. The van der Waals surface area contributed by atoms with Gasteiger partial charge in [0.15, 0.2) is 0 Å². The molecule has 0 bridgehead atoms. The molecule has 4 rings (SSSR count). The number of piperidine rings is 1. The molecular formula is C23H30N4O2. The van der Waals surface area contributed by atoms with Crippen LogP contribution in [0.2, 0.25) is 0 Å². The Kier molecular flexibility index (Phi) is 6.27. The van der Waals surface area contributed by atoms with Crippen LogP contribution in [-0.2, 0) is 4.79 Å². The van der Waals surface area contributed by atoms with Crippen LogP contribution in [0.25, 0.3) is 0 Å². The molecule has 1 aromatic heterocycles. The van der Waals surface area contributed by atoms with E-state index in [2.05, 4.69) is 31.9 Å². The summed E-state index contributed by atoms with van der Waals surface area (Å²) in [5, 5.41) is 0. The van der Waals surface area contributed by atoms with Crippen LogP contribution in [0.3, 0.4) is 0 Å². The van der Waals surface area contributed by atoms with Gasteiger partial charge >= 0.3 is 0 Å². The molecule has 1 amide bonds. The number of anilines is 1. The molecule has 6 heteroatoms. The quantitative estimate of drug-likeness (QED) is 0.788. The van der Waals surface area contributed by atoms with Crippen LogP contribution in [-0.4, -0.2) is 47.5 Å². The molecule has 0 radical (unpaired) electrons. The molecule has 3 heterocycles. The zero-order chi connectivity index (χ0) is 20.1. The standard InChI is InChI=1S/C23H30N4O2/c1-29-20-10-8-18(9-11-20)21-7-3-2-4-15-27(21)23(28)19-6-5-14-26(17-19)22-16-24-12-13-25-22/h8-13,16,19,21H,2-7,14-15,17H2,1H3/t19-,21-/m0/s1. The summed E-state index contributed by atoms with van der Waals surface area (Å²) in [6.45, 7) is 2.50. The van der Waals surface area contributed by atoms with Crippen molar-refractivity contribution in [2.75, 3.05) is 31.6 Å². The number of methoxy groups -OCH3 is 1. The molecule has 0 saturated carbocycles. The minimum Gasteiger partial charge on any atom is -0.497 e. The van der Waals surface area contributed by atoms with Crippen molar-refractivity contribution in [2.45, 2.75) is 44.6 Å². The summed E-state index contributed by atoms with van der Waals surface area (Å²) < 4.78 is 5.31. The van der Waals surface area contributed by atoms with Gasteiger partial charge in [0.2, 0.25) is 5.91 Å². The number of aromatic nitrogens is 2. The SMILES string of the molecule is COc1ccc([C@@H]2CCCCCN2C(=O)[C@H]2CCCN(c3cnccn3)C2)cc1. The Bertz CT molecular complexity index is 796. The van der Waals surface area contributed by atoms with E-state index < -0.39 is 0 Å². The van der Waals surface area contributed by atoms with Crippen molar-refractivity contribution in [3.05, 3.63) is 48.4 Å². The number of carbonyl (C=O) groups excluding carboxylic acids is 1. The van der Waals surface area contributed by atoms with E-state index >= 15 is 0 Å². The number of ether oxygens (including phenoxy) is 1. The average molecular weight is 395 g/mol. The first kappa shape index (κ1) is 19.7. The summed E-state index contributed by atoms with van der Waals surface area (Å²) in [4.78, 5) is 26.6. The topological polar surface area (TPSA) is 58.6 Å². The van der Waals surface area contributed by atoms with Crippen LogP contribution in [0.5, 0.6) is 5.75 Å². The highest BCUT2D eigenvalue weighted by molar-refractivity contribution is 5.80. The second-order valence-electron chi connectivity index (χ2n) is 8.02. The summed E-state index contributed by atoms with van der Waals surface area (Å²) in [5.74, 6) is 2.03. The highest BCUT2D eigenvalue weighted by Crippen LogP contribution is 2.34. The Morgan fingerprint density at radius 3 is 2.66 bits per heavy atom. The lowest BCUT2D eigenvalue weighted by Crippen LogP contribution is -2.46. The third-order valence-corrected chi connectivity index (χ3v) is 6.18. The molecule has 2 aliphatic rings. The van der Waals surface area contributed by atoms with E-state index in [1.54, 1.807) is 25.7 Å². The fourth-order valence-electron chi connectivity index (χ4n) is 4.62. The maximum atomic E-state index is 13.6. The van der Waals surface area contributed by atoms with Gasteiger partial charge in [-0.3, -0.25) is 9.78 Å². The van der Waals surface area contributed by atoms with Gasteiger partial charge in [0.05, 0.1) is 25.3 Å². The molecule has 2 aliphatic heterocycles. The molecule has 6 nitrogen and oxygen atoms in total. The fraction of sp³-hybridized carbons (Fsp3) is 0.522. The highest BCUT2D eigenvalue weighted by Gasteiger charge is 2.34. The van der Waals surface area contributed by atoms with Gasteiger partial charge in [-0.15, -0.1) is 0 Å². The first-order valence-corrected chi connectivity index (χ1v) is 10.7. The molecule has 0 aliphatic carbocycles. The van der Waals surface area contributed by atoms with E-state index in [1.165, 1.54) is 12.0 Å². The van der Waals surface area contributed by atoms with Crippen LogP contribution >= 0.6 is 0 Å². The molecule has 2 fully saturated rings. The van der Waals surface area contributed by atoms with Gasteiger partial charge in [-0.2, -0.15) is 0 Å². The number of amides is 1. The van der Waals surface area contributed by atoms with E-state index in [4.69, 9.17) is 4.74 Å². The number of nitrogens with zero attached hydrogens (tertiary/aromatic N) is 4. The Morgan fingerprint density at radius 1 is 1.03 bits per heavy atom. The lowest BCUT2D eigenvalue weighted by atomic mass is 9.94. The van der Waals surface area contributed by atoms with Crippen molar-refractivity contribution >= 4 is 11.7 Å². The predicted molar refractivity (Wildman–Crippen MR) is 113 cm³/mol. The first-order chi connectivity index (χ1) is 14.3. The van der Waals surface area contributed by atoms with Gasteiger partial charge in [0, 0.05) is 32.0 Å². The van der Waals surface area contributed by atoms with E-state index in [0.29, 0.717) is 5.91 Å². The monoisotopic (exact) mass is 394 g/mol. The Labute approximate surface area is 172 Å². The van der Waals surface area contributed by atoms with Crippen molar-refractivity contribution in [3.63, 3.8) is 0 Å². The number of benzene rings is 1. The fourth-order valence-corrected chi connectivity index (χ4v) is 4.62. The number of likely N-dealkylation sites (tertiary alicyclic amines) is 1. The molecule has 0 unspecified atom stereocenters. The van der Waals surface area contributed by atoms with Crippen LogP contribution < -0.4 is 9.64 Å². The second-order valence-corrected chi connectivity index (χ2v) is 8.02. The van der Waals surface area contributed by atoms with Crippen LogP contribution in [0, 0.1) is 5.92 Å². The molecule has 2 saturated heterocycles. The van der Waals surface area contributed by atoms with Crippen LogP contribution in [0.4, 0.5) is 5.82 Å². The molecule has 29 heavy (non-hydrogen) atoms. The summed E-state index contributed by atoms with van der Waals surface area (Å²) >= 11 is 0. The summed E-state index contributed by atoms with van der Waals surface area (Å²) in [7, 11) is 1.68. The summed E-state index contributed by atoms with van der Waals surface area (Å²) in [6.07, 6.45) is 11.6. The van der Waals surface area contributed by atoms with Gasteiger partial charge in [0.1, 0.15) is 11.6 Å². The lowest BCUT2D eigenvalue weighted by Gasteiger charge is -2.38. The van der Waals surface area contributed by atoms with Crippen LogP contribution in [0.1, 0.15) is 50.1 Å². The van der Waals surface area contributed by atoms with E-state index in [-0.39, 0.29) is 12.0 Å². The number of rotatable bonds is 4. The van der Waals surface area contributed by atoms with E-state index in [9.17, 15) is 4.79 Å². The molecule has 0 N–H and O–H groups in total. The number of hydrogen-bond acceptors (Lipinski definition) is 5. The van der Waals surface area contributed by atoms with Gasteiger partial charge in [0.25, 0.3) is 0 Å². The Morgan fingerprint density at radius 2 is 1.90 bits per heavy atom. The minimum atomic E-state index is 0.0182. The second kappa shape index (κ2) is 9.25. The van der Waals surface area contributed by atoms with Gasteiger partial charge in [-0.05, 0) is 43.4 Å². The molecule has 1 aromatic carbocycles. The van der Waals surface area contributed by atoms with Crippen molar-refractivity contribution < 1.29 is 9.53 Å². The lowest BCUT2D eigenvalue weighted by molar-refractivity contribution is -0.138. The number of carbonyl (C=O) groups is 1. The highest BCUT2D eigenvalue weighted by atomic mass is 16.5. The Balaban J connectivity index is 1.52. The van der Waals surface area contributed by atoms with Crippen molar-refractivity contribution in [1.29, 1.82) is 0 Å². The Hall–Kier alpha value is -2.63. The third kappa shape index (κ3) is 4.52. The average Bonchev–Trinajstić information content (AvgIpc) is 3.05. The van der Waals surface area contributed by atoms with E-state index in [0.717, 1.165) is 63.3 Å². The van der Waals surface area contributed by atoms with Gasteiger partial charge < -0.3 is 14.5 Å². The van der Waals surface area contributed by atoms with Crippen molar-refractivity contribution in [2.24, 2.45) is 5.92 Å². The maximum Gasteiger partial charge on any atom is 0.227 e. The summed E-state index contributed by atoms with van der Waals surface area (Å²) in [5.41, 5.74) is 1.21. The largest absolute Gasteiger partial charge is 0.497 e. The predicted octanol–water partition coefficient (Wildman–Crippen LogP) is 3.85. The molecule has 2 atom stereocenters. The molecule has 154 valence electrons. The summed E-state index contributed by atoms with van der Waals surface area (Å²) in [6, 6.07) is 8.38. The molecular weight excluding hydrogens is 364 g/mol. The molecule has 0 spiro atoms. The molecule has 2 aromatic rings. The van der Waals surface area contributed by atoms with E-state index in [1.807, 2.05) is 12.1 Å². The zero-order valence-electron chi connectivity index (χ0n) is 17.2. The van der Waals surface area contributed by atoms with Crippen LogP contribution in [0.15, 0.2) is 42.9 Å². The first-order valence-electron chi connectivity index (χ1n) is 10.7. The minimum absolute atomic E-state index is 0.0182. The maximum absolute atomic E-state index is 13.6. The van der Waals surface area contributed by atoms with Gasteiger partial charge in [-0.1, -0.05) is 25.0 Å². The number of hydrogen-bond donors (Lipinski definition) is 0. The van der Waals surface area contributed by atoms with Crippen molar-refractivity contribution in [3.8, 4) is 5.75 Å². The van der Waals surface area contributed by atoms with Crippen molar-refractivity contribution in [1.82, 2.24) is 14.9 Å². The normalized spacial score (nSPS) is 22.8. The van der Waals surface area contributed by atoms with Gasteiger partial charge in [-0.25, -0.2) is 4.98 Å². The smallest absolute Gasteiger partial charge is 0.227 e.